The molecule has 0 spiro atoms. The van der Waals surface area contributed by atoms with Crippen LogP contribution in [0.2, 0.25) is 0 Å². The molecule has 0 saturated carbocycles. The zero-order chi connectivity index (χ0) is 24.7. The number of rotatable bonds is 7. The molecule has 1 atom stereocenters. The molecule has 0 amide bonds. The topological polar surface area (TPSA) is 84.1 Å². The third-order valence-corrected chi connectivity index (χ3v) is 6.58. The minimum atomic E-state index is -0.895. The van der Waals surface area contributed by atoms with Crippen molar-refractivity contribution in [3.05, 3.63) is 53.1 Å². The second-order valence-electron chi connectivity index (χ2n) is 9.50. The average Bonchev–Trinajstić information content (AvgIpc) is 3.43. The van der Waals surface area contributed by atoms with Crippen LogP contribution in [0.15, 0.2) is 30.3 Å². The molecule has 4 aromatic rings. The van der Waals surface area contributed by atoms with Crippen molar-refractivity contribution in [3.8, 4) is 28.4 Å². The number of aromatic amines is 2. The number of fused-ring (bicyclic) bond motifs is 2. The number of halogens is 2. The van der Waals surface area contributed by atoms with Crippen molar-refractivity contribution in [2.75, 3.05) is 33.7 Å². The molecule has 0 bridgehead atoms. The number of hydrogen-bond acceptors (Lipinski definition) is 5. The Morgan fingerprint density at radius 1 is 1.23 bits per heavy atom. The number of phenolic OH excluding ortho intramolecular Hbond substituents is 1. The summed E-state index contributed by atoms with van der Waals surface area (Å²) in [6.45, 7) is 4.19. The fraction of sp³-hybridized carbons (Fsp3) is 0.385. The minimum Gasteiger partial charge on any atom is -0.505 e. The first-order chi connectivity index (χ1) is 16.8. The van der Waals surface area contributed by atoms with Crippen LogP contribution in [0.4, 0.5) is 8.78 Å². The van der Waals surface area contributed by atoms with Gasteiger partial charge in [0.2, 0.25) is 0 Å². The predicted octanol–water partition coefficient (Wildman–Crippen LogP) is 4.28. The van der Waals surface area contributed by atoms with E-state index < -0.39 is 12.0 Å². The summed E-state index contributed by atoms with van der Waals surface area (Å²) in [7, 11) is 3.76. The average molecular weight is 481 g/mol. The van der Waals surface area contributed by atoms with Crippen LogP contribution in [0.1, 0.15) is 23.9 Å². The van der Waals surface area contributed by atoms with Crippen LogP contribution in [0.3, 0.4) is 0 Å². The van der Waals surface area contributed by atoms with Crippen LogP contribution in [0.25, 0.3) is 33.5 Å². The number of phenols is 1. The summed E-state index contributed by atoms with van der Waals surface area (Å²) < 4.78 is 28.4. The number of benzene rings is 2. The number of nitrogens with one attached hydrogen (secondary N) is 2. The molecule has 184 valence electrons. The molecule has 3 heterocycles. The maximum absolute atomic E-state index is 14.3. The summed E-state index contributed by atoms with van der Waals surface area (Å²) in [6, 6.07) is 8.68. The van der Waals surface area contributed by atoms with Crippen molar-refractivity contribution in [1.29, 1.82) is 0 Å². The lowest BCUT2D eigenvalue weighted by Gasteiger charge is -2.28. The highest BCUT2D eigenvalue weighted by molar-refractivity contribution is 5.94. The fourth-order valence-corrected chi connectivity index (χ4v) is 4.89. The van der Waals surface area contributed by atoms with Gasteiger partial charge < -0.3 is 15.0 Å². The van der Waals surface area contributed by atoms with Gasteiger partial charge in [-0.1, -0.05) is 13.0 Å². The first-order valence-electron chi connectivity index (χ1n) is 11.9. The number of imidazole rings is 1. The molecule has 1 unspecified atom stereocenters. The monoisotopic (exact) mass is 480 g/mol. The zero-order valence-electron chi connectivity index (χ0n) is 20.2. The van der Waals surface area contributed by atoms with Crippen LogP contribution >= 0.6 is 0 Å². The van der Waals surface area contributed by atoms with Gasteiger partial charge in [-0.15, -0.1) is 0 Å². The summed E-state index contributed by atoms with van der Waals surface area (Å²) in [4.78, 5) is 12.2. The van der Waals surface area contributed by atoms with E-state index in [1.165, 1.54) is 12.1 Å². The van der Waals surface area contributed by atoms with Crippen molar-refractivity contribution in [1.82, 2.24) is 30.0 Å². The second kappa shape index (κ2) is 9.39. The van der Waals surface area contributed by atoms with Gasteiger partial charge >= 0.3 is 0 Å². The zero-order valence-corrected chi connectivity index (χ0v) is 20.2. The largest absolute Gasteiger partial charge is 0.505 e. The molecule has 5 rings (SSSR count). The highest BCUT2D eigenvalue weighted by Crippen LogP contribution is 2.34. The third-order valence-electron chi connectivity index (χ3n) is 6.58. The molecule has 1 aliphatic rings. The number of nitrogens with zero attached hydrogens (tertiary/aromatic N) is 4. The Kier molecular flexibility index (Phi) is 6.29. The smallest absolute Gasteiger partial charge is 0.165 e. The standard InChI is InChI=1S/C26H30F2N6O/c1-4-15-10-24(35)20(28)11-19(15)16-5-6-18-22(9-16)31-32-25(18)26-29-21-7-8-34(14-23(21)30-26)13-17(27)12-33(2)3/h5-6,9-11,17,35H,4,7-8,12-14H2,1-3H3,(H,29,30)(H,31,32). The number of H-pyrrole nitrogens is 2. The quantitative estimate of drug-likeness (QED) is 0.368. The van der Waals surface area contributed by atoms with Crippen molar-refractivity contribution >= 4 is 10.9 Å². The van der Waals surface area contributed by atoms with Crippen molar-refractivity contribution in [2.24, 2.45) is 0 Å². The molecule has 1 aliphatic heterocycles. The molecule has 2 aromatic heterocycles. The van der Waals surface area contributed by atoms with Gasteiger partial charge in [0.15, 0.2) is 17.4 Å². The van der Waals surface area contributed by atoms with E-state index in [9.17, 15) is 13.9 Å². The Hall–Kier alpha value is -3.30. The van der Waals surface area contributed by atoms with E-state index in [0.717, 1.165) is 57.6 Å². The summed E-state index contributed by atoms with van der Waals surface area (Å²) in [5.74, 6) is -0.292. The van der Waals surface area contributed by atoms with Gasteiger partial charge in [-0.25, -0.2) is 13.8 Å². The van der Waals surface area contributed by atoms with E-state index >= 15 is 0 Å². The number of hydrogen-bond donors (Lipinski definition) is 3. The predicted molar refractivity (Wildman–Crippen MR) is 133 cm³/mol. The van der Waals surface area contributed by atoms with Gasteiger partial charge in [0.1, 0.15) is 11.9 Å². The van der Waals surface area contributed by atoms with Gasteiger partial charge in [-0.05, 0) is 61.5 Å². The van der Waals surface area contributed by atoms with Crippen LogP contribution in [-0.4, -0.2) is 75.0 Å². The van der Waals surface area contributed by atoms with Crippen LogP contribution in [-0.2, 0) is 19.4 Å². The van der Waals surface area contributed by atoms with Gasteiger partial charge in [-0.3, -0.25) is 10.00 Å². The lowest BCUT2D eigenvalue weighted by atomic mass is 9.96. The van der Waals surface area contributed by atoms with Crippen LogP contribution in [0.5, 0.6) is 5.75 Å². The van der Waals surface area contributed by atoms with Gasteiger partial charge in [-0.2, -0.15) is 5.10 Å². The van der Waals surface area contributed by atoms with E-state index in [0.29, 0.717) is 31.9 Å². The maximum Gasteiger partial charge on any atom is 0.165 e. The normalized spacial score (nSPS) is 15.1. The molecule has 9 heteroatoms. The molecule has 0 aliphatic carbocycles. The Morgan fingerprint density at radius 2 is 2.06 bits per heavy atom. The Balaban J connectivity index is 1.40. The molecule has 0 fully saturated rings. The summed E-state index contributed by atoms with van der Waals surface area (Å²) in [5, 5.41) is 18.2. The number of aromatic nitrogens is 4. The first-order valence-corrected chi connectivity index (χ1v) is 11.9. The van der Waals surface area contributed by atoms with Crippen molar-refractivity contribution in [2.45, 2.75) is 32.5 Å². The molecule has 0 saturated heterocycles. The Bertz CT molecular complexity index is 1360. The highest BCUT2D eigenvalue weighted by atomic mass is 19.1. The Labute approximate surface area is 202 Å². The van der Waals surface area contributed by atoms with E-state index in [1.807, 2.05) is 44.1 Å². The number of aromatic hydroxyl groups is 1. The molecular formula is C26H30F2N6O. The van der Waals surface area contributed by atoms with E-state index in [2.05, 4.69) is 20.1 Å². The number of alkyl halides is 1. The summed E-state index contributed by atoms with van der Waals surface area (Å²) in [5.41, 5.74) is 5.99. The summed E-state index contributed by atoms with van der Waals surface area (Å²) >= 11 is 0. The maximum atomic E-state index is 14.3. The molecule has 0 radical (unpaired) electrons. The minimum absolute atomic E-state index is 0.337. The van der Waals surface area contributed by atoms with Crippen LogP contribution in [0, 0.1) is 5.82 Å². The third kappa shape index (κ3) is 4.66. The molecule has 3 N–H and O–H groups in total. The SMILES string of the molecule is CCc1cc(O)c(F)cc1-c1ccc2c(-c3nc4c([nH]3)CN(CC(F)CN(C)C)CC4)n[nH]c2c1. The Morgan fingerprint density at radius 3 is 2.83 bits per heavy atom. The van der Waals surface area contributed by atoms with Gasteiger partial charge in [0.05, 0.1) is 16.9 Å². The van der Waals surface area contributed by atoms with E-state index in [4.69, 9.17) is 4.98 Å². The van der Waals surface area contributed by atoms with Crippen LogP contribution < -0.4 is 0 Å². The van der Waals surface area contributed by atoms with Gasteiger partial charge in [0.25, 0.3) is 0 Å². The number of aryl methyl sites for hydroxylation is 1. The fourth-order valence-electron chi connectivity index (χ4n) is 4.89. The van der Waals surface area contributed by atoms with E-state index in [-0.39, 0.29) is 5.75 Å². The lowest BCUT2D eigenvalue weighted by molar-refractivity contribution is 0.151. The van der Waals surface area contributed by atoms with Crippen molar-refractivity contribution < 1.29 is 13.9 Å². The van der Waals surface area contributed by atoms with E-state index in [1.54, 1.807) is 0 Å². The van der Waals surface area contributed by atoms with Gasteiger partial charge in [0, 0.05) is 38.0 Å². The molecule has 7 nitrogen and oxygen atoms in total. The molecule has 35 heavy (non-hydrogen) atoms. The summed E-state index contributed by atoms with van der Waals surface area (Å²) in [6.07, 6.45) is 0.538. The first kappa shape index (κ1) is 23.4. The second-order valence-corrected chi connectivity index (χ2v) is 9.50. The lowest BCUT2D eigenvalue weighted by Crippen LogP contribution is -2.38. The molecular weight excluding hydrogens is 450 g/mol. The van der Waals surface area contributed by atoms with Crippen molar-refractivity contribution in [3.63, 3.8) is 0 Å². The molecule has 2 aromatic carbocycles. The highest BCUT2D eigenvalue weighted by Gasteiger charge is 2.24.